The van der Waals surface area contributed by atoms with Crippen LogP contribution in [0, 0.1) is 17.3 Å². The van der Waals surface area contributed by atoms with E-state index >= 15 is 0 Å². The van der Waals surface area contributed by atoms with Crippen LogP contribution < -0.4 is 5.73 Å². The summed E-state index contributed by atoms with van der Waals surface area (Å²) in [5.41, 5.74) is 6.90. The monoisotopic (exact) mass is 183 g/mol. The summed E-state index contributed by atoms with van der Waals surface area (Å²) in [6.07, 6.45) is 3.68. The van der Waals surface area contributed by atoms with Gasteiger partial charge in [-0.05, 0) is 37.0 Å². The van der Waals surface area contributed by atoms with Crippen LogP contribution in [0.25, 0.3) is 0 Å². The molecule has 2 unspecified atom stereocenters. The zero-order chi connectivity index (χ0) is 10.3. The average Bonchev–Trinajstić information content (AvgIpc) is 2.00. The molecule has 0 aromatic rings. The van der Waals surface area contributed by atoms with E-state index in [0.717, 1.165) is 5.92 Å². The smallest absolute Gasteiger partial charge is 0.0157 e. The molecule has 1 rings (SSSR count). The van der Waals surface area contributed by atoms with E-state index < -0.39 is 0 Å². The summed E-state index contributed by atoms with van der Waals surface area (Å²) < 4.78 is 0. The standard InChI is InChI=1S/C12H25N/c1-6-10-9(2)11(3,4)7-8-12(10,5)13/h9-10H,6-8,13H2,1-5H3/t9?,10?,12-/m0/s1. The van der Waals surface area contributed by atoms with Crippen molar-refractivity contribution in [2.75, 3.05) is 0 Å². The van der Waals surface area contributed by atoms with Crippen molar-refractivity contribution in [3.63, 3.8) is 0 Å². The minimum Gasteiger partial charge on any atom is -0.325 e. The Morgan fingerprint density at radius 3 is 2.15 bits per heavy atom. The number of rotatable bonds is 1. The van der Waals surface area contributed by atoms with E-state index in [4.69, 9.17) is 5.73 Å². The molecular weight excluding hydrogens is 158 g/mol. The molecule has 0 radical (unpaired) electrons. The fourth-order valence-corrected chi connectivity index (χ4v) is 2.94. The summed E-state index contributed by atoms with van der Waals surface area (Å²) in [7, 11) is 0. The molecule has 1 aliphatic carbocycles. The molecule has 0 aliphatic heterocycles. The number of hydrogen-bond donors (Lipinski definition) is 1. The Hall–Kier alpha value is -0.0400. The van der Waals surface area contributed by atoms with Gasteiger partial charge < -0.3 is 5.73 Å². The second kappa shape index (κ2) is 3.27. The fraction of sp³-hybridized carbons (Fsp3) is 1.00. The minimum absolute atomic E-state index is 0.0731. The molecule has 0 heterocycles. The third-order valence-electron chi connectivity index (χ3n) is 4.43. The Labute approximate surface area is 83.1 Å². The van der Waals surface area contributed by atoms with E-state index in [1.54, 1.807) is 0 Å². The van der Waals surface area contributed by atoms with Gasteiger partial charge in [-0.25, -0.2) is 0 Å². The second-order valence-electron chi connectivity index (χ2n) is 5.80. The molecule has 1 saturated carbocycles. The Balaban J connectivity index is 2.85. The topological polar surface area (TPSA) is 26.0 Å². The Kier molecular flexibility index (Phi) is 2.78. The summed E-state index contributed by atoms with van der Waals surface area (Å²) >= 11 is 0. The highest BCUT2D eigenvalue weighted by molar-refractivity contribution is 4.99. The Bertz CT molecular complexity index is 182. The zero-order valence-corrected chi connectivity index (χ0v) is 9.85. The molecule has 3 atom stereocenters. The van der Waals surface area contributed by atoms with E-state index in [0.29, 0.717) is 11.3 Å². The average molecular weight is 183 g/mol. The SMILES string of the molecule is CCC1C(C)C(C)(C)CC[C@]1(C)N. The molecule has 1 heteroatoms. The van der Waals surface area contributed by atoms with Crippen LogP contribution in [0.15, 0.2) is 0 Å². The summed E-state index contributed by atoms with van der Waals surface area (Å²) in [5, 5.41) is 0. The van der Waals surface area contributed by atoms with Crippen molar-refractivity contribution in [3.05, 3.63) is 0 Å². The van der Waals surface area contributed by atoms with Crippen molar-refractivity contribution in [2.24, 2.45) is 23.0 Å². The van der Waals surface area contributed by atoms with Gasteiger partial charge in [0.15, 0.2) is 0 Å². The molecule has 2 N–H and O–H groups in total. The van der Waals surface area contributed by atoms with Crippen molar-refractivity contribution >= 4 is 0 Å². The van der Waals surface area contributed by atoms with Gasteiger partial charge in [0.2, 0.25) is 0 Å². The lowest BCUT2D eigenvalue weighted by Gasteiger charge is -2.50. The predicted octanol–water partition coefficient (Wildman–Crippen LogP) is 3.19. The lowest BCUT2D eigenvalue weighted by Crippen LogP contribution is -2.54. The molecule has 0 amide bonds. The largest absolute Gasteiger partial charge is 0.325 e. The van der Waals surface area contributed by atoms with Gasteiger partial charge in [-0.2, -0.15) is 0 Å². The van der Waals surface area contributed by atoms with Crippen LogP contribution >= 0.6 is 0 Å². The van der Waals surface area contributed by atoms with E-state index in [1.807, 2.05) is 0 Å². The van der Waals surface area contributed by atoms with Gasteiger partial charge in [-0.3, -0.25) is 0 Å². The fourth-order valence-electron chi connectivity index (χ4n) is 2.94. The molecule has 13 heavy (non-hydrogen) atoms. The van der Waals surface area contributed by atoms with Crippen LogP contribution in [-0.2, 0) is 0 Å². The third-order valence-corrected chi connectivity index (χ3v) is 4.43. The van der Waals surface area contributed by atoms with Gasteiger partial charge in [0.25, 0.3) is 0 Å². The maximum atomic E-state index is 6.34. The Morgan fingerprint density at radius 2 is 1.77 bits per heavy atom. The van der Waals surface area contributed by atoms with Crippen molar-refractivity contribution in [3.8, 4) is 0 Å². The molecule has 1 nitrogen and oxygen atoms in total. The van der Waals surface area contributed by atoms with Crippen molar-refractivity contribution < 1.29 is 0 Å². The van der Waals surface area contributed by atoms with Crippen molar-refractivity contribution in [2.45, 2.75) is 59.4 Å². The first-order valence-corrected chi connectivity index (χ1v) is 5.60. The molecule has 0 aromatic heterocycles. The Morgan fingerprint density at radius 1 is 1.23 bits per heavy atom. The summed E-state index contributed by atoms with van der Waals surface area (Å²) in [6, 6.07) is 0. The normalized spacial score (nSPS) is 44.8. The first-order chi connectivity index (χ1) is 5.81. The number of hydrogen-bond acceptors (Lipinski definition) is 1. The molecule has 1 aliphatic rings. The molecule has 0 aromatic carbocycles. The zero-order valence-electron chi connectivity index (χ0n) is 9.85. The van der Waals surface area contributed by atoms with E-state index in [2.05, 4.69) is 34.6 Å². The van der Waals surface area contributed by atoms with E-state index in [-0.39, 0.29) is 5.54 Å². The predicted molar refractivity (Wildman–Crippen MR) is 58.6 cm³/mol. The molecule has 0 bridgehead atoms. The van der Waals surface area contributed by atoms with Crippen LogP contribution in [0.2, 0.25) is 0 Å². The minimum atomic E-state index is 0.0731. The molecule has 0 spiro atoms. The van der Waals surface area contributed by atoms with E-state index in [1.165, 1.54) is 19.3 Å². The molecule has 0 saturated heterocycles. The van der Waals surface area contributed by atoms with Crippen LogP contribution in [-0.4, -0.2) is 5.54 Å². The van der Waals surface area contributed by atoms with Crippen LogP contribution in [0.3, 0.4) is 0 Å². The van der Waals surface area contributed by atoms with Gasteiger partial charge in [0.1, 0.15) is 0 Å². The first kappa shape index (κ1) is 11.0. The summed E-state index contributed by atoms with van der Waals surface area (Å²) in [4.78, 5) is 0. The lowest BCUT2D eigenvalue weighted by atomic mass is 9.57. The first-order valence-electron chi connectivity index (χ1n) is 5.60. The van der Waals surface area contributed by atoms with Gasteiger partial charge in [0.05, 0.1) is 0 Å². The van der Waals surface area contributed by atoms with Gasteiger partial charge >= 0.3 is 0 Å². The van der Waals surface area contributed by atoms with Crippen LogP contribution in [0.4, 0.5) is 0 Å². The second-order valence-corrected chi connectivity index (χ2v) is 5.80. The van der Waals surface area contributed by atoms with Crippen molar-refractivity contribution in [1.82, 2.24) is 0 Å². The van der Waals surface area contributed by atoms with Gasteiger partial charge in [-0.1, -0.05) is 34.1 Å². The molecule has 1 fully saturated rings. The summed E-state index contributed by atoms with van der Waals surface area (Å²) in [5.74, 6) is 1.44. The highest BCUT2D eigenvalue weighted by atomic mass is 14.8. The highest BCUT2D eigenvalue weighted by Gasteiger charge is 2.44. The van der Waals surface area contributed by atoms with Crippen LogP contribution in [0.1, 0.15) is 53.9 Å². The molecular formula is C12H25N. The number of nitrogens with two attached hydrogens (primary N) is 1. The lowest BCUT2D eigenvalue weighted by molar-refractivity contribution is 0.0275. The maximum absolute atomic E-state index is 6.34. The van der Waals surface area contributed by atoms with Gasteiger partial charge in [0, 0.05) is 5.54 Å². The maximum Gasteiger partial charge on any atom is 0.0157 e. The van der Waals surface area contributed by atoms with Gasteiger partial charge in [-0.15, -0.1) is 0 Å². The van der Waals surface area contributed by atoms with Crippen molar-refractivity contribution in [1.29, 1.82) is 0 Å². The third kappa shape index (κ3) is 1.90. The summed E-state index contributed by atoms with van der Waals surface area (Å²) in [6.45, 7) is 11.6. The van der Waals surface area contributed by atoms with E-state index in [9.17, 15) is 0 Å². The van der Waals surface area contributed by atoms with Crippen LogP contribution in [0.5, 0.6) is 0 Å². The quantitative estimate of drug-likeness (QED) is 0.664. The highest BCUT2D eigenvalue weighted by Crippen LogP contribution is 2.48. The molecule has 78 valence electrons.